The Hall–Kier alpha value is -2.80. The number of methoxy groups -OCH3 is 2. The van der Waals surface area contributed by atoms with Crippen molar-refractivity contribution in [2.45, 2.75) is 6.92 Å². The van der Waals surface area contributed by atoms with Crippen LogP contribution in [0.5, 0.6) is 11.5 Å². The topological polar surface area (TPSA) is 77.0 Å². The Balaban J connectivity index is 2.00. The molecule has 1 heterocycles. The molecule has 0 saturated carbocycles. The second-order valence-electron chi connectivity index (χ2n) is 5.42. The third-order valence-corrected chi connectivity index (χ3v) is 5.36. The molecule has 1 aliphatic rings. The number of nitrogens with one attached hydrogen (secondary N) is 1. The van der Waals surface area contributed by atoms with Crippen LogP contribution in [0.1, 0.15) is 12.5 Å². The number of hydrogen-bond acceptors (Lipinski definition) is 5. The van der Waals surface area contributed by atoms with Crippen LogP contribution in [0.3, 0.4) is 0 Å². The Morgan fingerprint density at radius 1 is 0.960 bits per heavy atom. The Bertz CT molecular complexity index is 961. The van der Waals surface area contributed by atoms with Gasteiger partial charge in [0.25, 0.3) is 10.0 Å². The van der Waals surface area contributed by atoms with Gasteiger partial charge in [0.15, 0.2) is 0 Å². The largest absolute Gasteiger partial charge is 0.497 e. The van der Waals surface area contributed by atoms with Gasteiger partial charge in [-0.1, -0.05) is 12.1 Å². The van der Waals surface area contributed by atoms with Gasteiger partial charge in [0.1, 0.15) is 22.2 Å². The van der Waals surface area contributed by atoms with Crippen molar-refractivity contribution in [3.63, 3.8) is 0 Å². The fourth-order valence-corrected chi connectivity index (χ4v) is 4.07. The number of anilines is 1. The molecule has 0 unspecified atom stereocenters. The highest BCUT2D eigenvalue weighted by atomic mass is 32.2. The van der Waals surface area contributed by atoms with Crippen molar-refractivity contribution in [3.05, 3.63) is 59.7 Å². The average molecular weight is 358 g/mol. The Morgan fingerprint density at radius 3 is 2.28 bits per heavy atom. The highest BCUT2D eigenvalue weighted by molar-refractivity contribution is 8.00. The van der Waals surface area contributed by atoms with E-state index in [0.717, 1.165) is 0 Å². The lowest BCUT2D eigenvalue weighted by Crippen LogP contribution is -2.12. The standard InChI is InChI=1S/C18H18N2O4S/c1-12-17(13-8-10-14(23-2)11-9-13)25(21,22)20-18(12)19-15-6-4-5-7-16(15)24-3/h4-11H,1-3H3,(H,19,20). The van der Waals surface area contributed by atoms with Crippen molar-refractivity contribution in [3.8, 4) is 11.5 Å². The smallest absolute Gasteiger partial charge is 0.285 e. The molecule has 0 amide bonds. The van der Waals surface area contributed by atoms with Gasteiger partial charge in [0.05, 0.1) is 19.9 Å². The van der Waals surface area contributed by atoms with Gasteiger partial charge in [-0.3, -0.25) is 0 Å². The Morgan fingerprint density at radius 2 is 1.64 bits per heavy atom. The summed E-state index contributed by atoms with van der Waals surface area (Å²) in [6, 6.07) is 14.1. The molecule has 0 atom stereocenters. The van der Waals surface area contributed by atoms with E-state index in [4.69, 9.17) is 9.47 Å². The van der Waals surface area contributed by atoms with Crippen molar-refractivity contribution < 1.29 is 17.9 Å². The fourth-order valence-electron chi connectivity index (χ4n) is 2.64. The zero-order valence-electron chi connectivity index (χ0n) is 14.1. The number of para-hydroxylation sites is 2. The maximum absolute atomic E-state index is 12.5. The first-order chi connectivity index (χ1) is 12.0. The summed E-state index contributed by atoms with van der Waals surface area (Å²) in [6.45, 7) is 1.73. The van der Waals surface area contributed by atoms with Gasteiger partial charge in [-0.2, -0.15) is 8.42 Å². The first-order valence-corrected chi connectivity index (χ1v) is 9.01. The molecule has 0 aliphatic carbocycles. The summed E-state index contributed by atoms with van der Waals surface area (Å²) in [4.78, 5) is 0.188. The third-order valence-electron chi connectivity index (χ3n) is 3.88. The van der Waals surface area contributed by atoms with Crippen molar-refractivity contribution in [2.75, 3.05) is 19.5 Å². The summed E-state index contributed by atoms with van der Waals surface area (Å²) in [5.41, 5.74) is 1.77. The second kappa shape index (κ2) is 6.60. The monoisotopic (exact) mass is 358 g/mol. The number of amidine groups is 1. The lowest BCUT2D eigenvalue weighted by molar-refractivity contribution is 0.415. The van der Waals surface area contributed by atoms with Crippen LogP contribution in [0.4, 0.5) is 5.69 Å². The van der Waals surface area contributed by atoms with Gasteiger partial charge >= 0.3 is 0 Å². The first kappa shape index (κ1) is 17.0. The van der Waals surface area contributed by atoms with E-state index in [-0.39, 0.29) is 10.7 Å². The van der Waals surface area contributed by atoms with E-state index < -0.39 is 10.0 Å². The fraction of sp³-hybridized carbons (Fsp3) is 0.167. The van der Waals surface area contributed by atoms with Crippen LogP contribution < -0.4 is 14.8 Å². The Kier molecular flexibility index (Phi) is 4.50. The van der Waals surface area contributed by atoms with Crippen molar-refractivity contribution in [2.24, 2.45) is 4.40 Å². The molecule has 0 bridgehead atoms. The molecule has 0 radical (unpaired) electrons. The predicted molar refractivity (Wildman–Crippen MR) is 98.6 cm³/mol. The van der Waals surface area contributed by atoms with E-state index in [0.29, 0.717) is 28.3 Å². The van der Waals surface area contributed by atoms with Crippen LogP contribution >= 0.6 is 0 Å². The van der Waals surface area contributed by atoms with Crippen molar-refractivity contribution in [1.82, 2.24) is 0 Å². The molecular formula is C18H18N2O4S. The molecule has 2 aromatic carbocycles. The van der Waals surface area contributed by atoms with E-state index in [1.165, 1.54) is 0 Å². The molecule has 2 aromatic rings. The van der Waals surface area contributed by atoms with Crippen LogP contribution in [-0.4, -0.2) is 28.5 Å². The predicted octanol–water partition coefficient (Wildman–Crippen LogP) is 3.29. The van der Waals surface area contributed by atoms with Crippen LogP contribution in [0.15, 0.2) is 58.5 Å². The number of nitrogens with zero attached hydrogens (tertiary/aromatic N) is 1. The lowest BCUT2D eigenvalue weighted by atomic mass is 10.1. The number of sulfonamides is 1. The maximum Gasteiger partial charge on any atom is 0.285 e. The number of rotatable bonds is 4. The van der Waals surface area contributed by atoms with Crippen molar-refractivity contribution >= 4 is 26.5 Å². The molecule has 3 rings (SSSR count). The summed E-state index contributed by atoms with van der Waals surface area (Å²) in [7, 11) is -0.660. The minimum absolute atomic E-state index is 0.188. The Labute approximate surface area is 146 Å². The van der Waals surface area contributed by atoms with Crippen LogP contribution in [0.25, 0.3) is 4.91 Å². The summed E-state index contributed by atoms with van der Waals surface area (Å²) in [5.74, 6) is 1.55. The molecular weight excluding hydrogens is 340 g/mol. The van der Waals surface area contributed by atoms with E-state index >= 15 is 0 Å². The molecule has 130 valence electrons. The molecule has 0 saturated heterocycles. The zero-order valence-corrected chi connectivity index (χ0v) is 14.9. The van der Waals surface area contributed by atoms with Crippen molar-refractivity contribution in [1.29, 1.82) is 0 Å². The van der Waals surface area contributed by atoms with Gasteiger partial charge in [-0.15, -0.1) is 4.40 Å². The quantitative estimate of drug-likeness (QED) is 0.907. The van der Waals surface area contributed by atoms with Crippen LogP contribution in [0.2, 0.25) is 0 Å². The number of benzene rings is 2. The van der Waals surface area contributed by atoms with Gasteiger partial charge in [0, 0.05) is 5.57 Å². The van der Waals surface area contributed by atoms with Gasteiger partial charge in [-0.25, -0.2) is 0 Å². The maximum atomic E-state index is 12.5. The SMILES string of the molecule is COc1ccc(C2=C(C)C(Nc3ccccc3OC)=NS2(=O)=O)cc1. The highest BCUT2D eigenvalue weighted by Crippen LogP contribution is 2.34. The minimum Gasteiger partial charge on any atom is -0.497 e. The highest BCUT2D eigenvalue weighted by Gasteiger charge is 2.31. The van der Waals surface area contributed by atoms with Crippen LogP contribution in [-0.2, 0) is 10.0 Å². The van der Waals surface area contributed by atoms with Gasteiger partial charge in [0.2, 0.25) is 0 Å². The summed E-state index contributed by atoms with van der Waals surface area (Å²) in [6.07, 6.45) is 0. The molecule has 0 spiro atoms. The van der Waals surface area contributed by atoms with Gasteiger partial charge < -0.3 is 14.8 Å². The van der Waals surface area contributed by atoms with Crippen LogP contribution in [0, 0.1) is 0 Å². The molecule has 6 nitrogen and oxygen atoms in total. The van der Waals surface area contributed by atoms with Gasteiger partial charge in [-0.05, 0) is 48.9 Å². The number of ether oxygens (including phenoxy) is 2. The molecule has 1 N–H and O–H groups in total. The van der Waals surface area contributed by atoms with E-state index in [1.807, 2.05) is 12.1 Å². The molecule has 25 heavy (non-hydrogen) atoms. The average Bonchev–Trinajstić information content (AvgIpc) is 2.84. The first-order valence-electron chi connectivity index (χ1n) is 7.57. The molecule has 7 heteroatoms. The molecule has 0 aromatic heterocycles. The third kappa shape index (κ3) is 3.23. The normalized spacial score (nSPS) is 15.7. The lowest BCUT2D eigenvalue weighted by Gasteiger charge is -2.11. The van der Waals surface area contributed by atoms with E-state index in [9.17, 15) is 8.42 Å². The molecule has 0 fully saturated rings. The number of hydrogen-bond donors (Lipinski definition) is 1. The summed E-state index contributed by atoms with van der Waals surface area (Å²) in [5, 5.41) is 3.05. The van der Waals surface area contributed by atoms with E-state index in [2.05, 4.69) is 9.71 Å². The zero-order chi connectivity index (χ0) is 18.0. The minimum atomic E-state index is -3.77. The second-order valence-corrected chi connectivity index (χ2v) is 6.96. The summed E-state index contributed by atoms with van der Waals surface area (Å²) >= 11 is 0. The summed E-state index contributed by atoms with van der Waals surface area (Å²) < 4.78 is 39.4. The van der Waals surface area contributed by atoms with E-state index in [1.54, 1.807) is 57.5 Å². The molecule has 1 aliphatic heterocycles.